The largest absolute Gasteiger partial charge is 0.619 e. The van der Waals surface area contributed by atoms with Crippen molar-refractivity contribution in [2.24, 2.45) is 0 Å². The second-order valence-corrected chi connectivity index (χ2v) is 7.39. The second kappa shape index (κ2) is 7.26. The number of amides is 1. The number of alkyl halides is 3. The molecule has 0 saturated carbocycles. The van der Waals surface area contributed by atoms with Gasteiger partial charge >= 0.3 is 6.18 Å². The Hall–Kier alpha value is -3.62. The normalized spacial score (nSPS) is 14.1. The van der Waals surface area contributed by atoms with Crippen LogP contribution in [-0.2, 0) is 6.18 Å². The van der Waals surface area contributed by atoms with Gasteiger partial charge in [0.05, 0.1) is 16.8 Å². The number of anilines is 3. The quantitative estimate of drug-likeness (QED) is 0.331. The molecule has 160 valence electrons. The lowest BCUT2D eigenvalue weighted by Crippen LogP contribution is -2.46. The van der Waals surface area contributed by atoms with Crippen LogP contribution < -0.4 is 14.5 Å². The van der Waals surface area contributed by atoms with Crippen molar-refractivity contribution in [1.82, 2.24) is 0 Å². The lowest BCUT2D eigenvalue weighted by molar-refractivity contribution is -0.605. The maximum Gasteiger partial charge on any atom is 0.416 e. The Bertz CT molecular complexity index is 1170. The van der Waals surface area contributed by atoms with Gasteiger partial charge in [0.25, 0.3) is 5.91 Å². The first-order valence-electron chi connectivity index (χ1n) is 9.32. The van der Waals surface area contributed by atoms with Crippen molar-refractivity contribution < 1.29 is 27.1 Å². The molecule has 1 amide bonds. The number of nitrogens with zero attached hydrogens (tertiary/aromatic N) is 3. The summed E-state index contributed by atoms with van der Waals surface area (Å²) in [6.07, 6.45) is -2.13. The summed E-state index contributed by atoms with van der Waals surface area (Å²) in [5.74, 6) is -1.12. The predicted molar refractivity (Wildman–Crippen MR) is 107 cm³/mol. The molecular formula is C22H17F4N3O2. The number of aryl methyl sites for hydroxylation is 2. The molecule has 3 aromatic rings. The molecule has 0 N–H and O–H groups in total. The Labute approximate surface area is 175 Å². The summed E-state index contributed by atoms with van der Waals surface area (Å²) in [5.41, 5.74) is 1.05. The minimum Gasteiger partial charge on any atom is -0.619 e. The van der Waals surface area contributed by atoms with Crippen molar-refractivity contribution in [1.29, 1.82) is 0 Å². The highest BCUT2D eigenvalue weighted by Gasteiger charge is 2.37. The summed E-state index contributed by atoms with van der Waals surface area (Å²) in [6, 6.07) is 8.59. The van der Waals surface area contributed by atoms with E-state index in [4.69, 9.17) is 0 Å². The minimum absolute atomic E-state index is 0.0624. The summed E-state index contributed by atoms with van der Waals surface area (Å²) in [5, 5.41) is 11.9. The van der Waals surface area contributed by atoms with Gasteiger partial charge in [0, 0.05) is 11.3 Å². The average Bonchev–Trinajstić information content (AvgIpc) is 2.67. The summed E-state index contributed by atoms with van der Waals surface area (Å²) in [6.45, 7) is 3.28. The molecule has 0 atom stereocenters. The smallest absolute Gasteiger partial charge is 0.416 e. The van der Waals surface area contributed by atoms with Gasteiger partial charge in [-0.25, -0.2) is 4.39 Å². The van der Waals surface area contributed by atoms with Crippen LogP contribution >= 0.6 is 0 Å². The molecule has 2 heterocycles. The fraction of sp³-hybridized carbons (Fsp3) is 0.182. The number of carbonyl (C=O) groups excluding carboxylic acids is 1. The summed E-state index contributed by atoms with van der Waals surface area (Å²) in [7, 11) is 0. The molecule has 0 bridgehead atoms. The van der Waals surface area contributed by atoms with E-state index >= 15 is 0 Å². The molecular weight excluding hydrogens is 414 g/mol. The zero-order valence-electron chi connectivity index (χ0n) is 16.6. The standard InChI is InChI=1S/C22H17F4N3O2/c1-13-7-17(11-27(31)10-13)28-12-29(19-6-4-16(23)8-14(19)2)20-5-3-15(22(24,25)26)9-18(20)21(28)30/h3-11H,12H2,1-2H3. The maximum atomic E-state index is 13.6. The Morgan fingerprint density at radius 3 is 2.32 bits per heavy atom. The van der Waals surface area contributed by atoms with Gasteiger partial charge < -0.3 is 10.1 Å². The topological polar surface area (TPSA) is 50.5 Å². The van der Waals surface area contributed by atoms with Gasteiger partial charge in [-0.1, -0.05) is 0 Å². The van der Waals surface area contributed by atoms with E-state index in [0.717, 1.165) is 12.1 Å². The fourth-order valence-electron chi connectivity index (χ4n) is 3.70. The molecule has 2 aromatic carbocycles. The van der Waals surface area contributed by atoms with E-state index in [1.54, 1.807) is 24.8 Å². The van der Waals surface area contributed by atoms with Crippen LogP contribution in [0.2, 0.25) is 0 Å². The van der Waals surface area contributed by atoms with E-state index in [1.165, 1.54) is 41.6 Å². The SMILES string of the molecule is Cc1cc(N2CN(c3ccc(F)cc3C)c3ccc(C(F)(F)F)cc3C2=O)c[n+]([O-])c1. The molecule has 5 nitrogen and oxygen atoms in total. The van der Waals surface area contributed by atoms with Gasteiger partial charge in [0.1, 0.15) is 18.2 Å². The van der Waals surface area contributed by atoms with Crippen LogP contribution in [0.3, 0.4) is 0 Å². The second-order valence-electron chi connectivity index (χ2n) is 7.39. The molecule has 0 aliphatic carbocycles. The molecule has 1 aliphatic heterocycles. The third-order valence-electron chi connectivity index (χ3n) is 5.10. The molecule has 1 aliphatic rings. The van der Waals surface area contributed by atoms with E-state index in [0.29, 0.717) is 21.5 Å². The zero-order valence-corrected chi connectivity index (χ0v) is 16.6. The van der Waals surface area contributed by atoms with Crippen LogP contribution in [0.4, 0.5) is 34.6 Å². The molecule has 1 aromatic heterocycles. The molecule has 31 heavy (non-hydrogen) atoms. The number of benzene rings is 2. The van der Waals surface area contributed by atoms with Gasteiger partial charge in [0.15, 0.2) is 6.20 Å². The lowest BCUT2D eigenvalue weighted by atomic mass is 10.0. The molecule has 0 spiro atoms. The zero-order chi connectivity index (χ0) is 22.5. The first-order chi connectivity index (χ1) is 14.5. The van der Waals surface area contributed by atoms with Crippen molar-refractivity contribution in [3.05, 3.63) is 88.1 Å². The molecule has 4 rings (SSSR count). The maximum absolute atomic E-state index is 13.6. The number of hydrogen-bond acceptors (Lipinski definition) is 3. The van der Waals surface area contributed by atoms with Gasteiger partial charge in [0.2, 0.25) is 6.20 Å². The van der Waals surface area contributed by atoms with Crippen molar-refractivity contribution in [3.8, 4) is 0 Å². The fourth-order valence-corrected chi connectivity index (χ4v) is 3.70. The Balaban J connectivity index is 1.92. The lowest BCUT2D eigenvalue weighted by Gasteiger charge is -2.38. The molecule has 0 fully saturated rings. The highest BCUT2D eigenvalue weighted by atomic mass is 19.4. The third-order valence-corrected chi connectivity index (χ3v) is 5.10. The van der Waals surface area contributed by atoms with E-state index in [9.17, 15) is 27.6 Å². The van der Waals surface area contributed by atoms with Crippen LogP contribution in [0.5, 0.6) is 0 Å². The highest BCUT2D eigenvalue weighted by Crippen LogP contribution is 2.40. The number of aromatic nitrogens is 1. The molecule has 0 radical (unpaired) electrons. The van der Waals surface area contributed by atoms with Crippen molar-refractivity contribution in [3.63, 3.8) is 0 Å². The summed E-state index contributed by atoms with van der Waals surface area (Å²) < 4.78 is 54.1. The number of rotatable bonds is 2. The summed E-state index contributed by atoms with van der Waals surface area (Å²) >= 11 is 0. The molecule has 0 saturated heterocycles. The van der Waals surface area contributed by atoms with Crippen LogP contribution in [0.15, 0.2) is 54.9 Å². The van der Waals surface area contributed by atoms with Gasteiger partial charge in [-0.2, -0.15) is 17.9 Å². The van der Waals surface area contributed by atoms with Crippen molar-refractivity contribution >= 4 is 23.0 Å². The highest BCUT2D eigenvalue weighted by molar-refractivity contribution is 6.12. The van der Waals surface area contributed by atoms with Gasteiger partial charge in [-0.15, -0.1) is 0 Å². The first-order valence-corrected chi connectivity index (χ1v) is 9.32. The van der Waals surface area contributed by atoms with Crippen LogP contribution in [-0.4, -0.2) is 12.6 Å². The van der Waals surface area contributed by atoms with Gasteiger partial charge in [-0.3, -0.25) is 9.69 Å². The predicted octanol–water partition coefficient (Wildman–Crippen LogP) is 4.85. The van der Waals surface area contributed by atoms with Crippen molar-refractivity contribution in [2.45, 2.75) is 20.0 Å². The Morgan fingerprint density at radius 2 is 1.68 bits per heavy atom. The number of carbonyl (C=O) groups is 1. The van der Waals surface area contributed by atoms with E-state index in [2.05, 4.69) is 0 Å². The molecule has 0 unspecified atom stereocenters. The van der Waals surface area contributed by atoms with Crippen LogP contribution in [0, 0.1) is 24.9 Å². The van der Waals surface area contributed by atoms with E-state index in [1.807, 2.05) is 0 Å². The monoisotopic (exact) mass is 431 g/mol. The number of hydrogen-bond donors (Lipinski definition) is 0. The van der Waals surface area contributed by atoms with E-state index in [-0.39, 0.29) is 23.6 Å². The number of pyridine rings is 1. The molecule has 9 heteroatoms. The van der Waals surface area contributed by atoms with Crippen LogP contribution in [0.25, 0.3) is 0 Å². The van der Waals surface area contributed by atoms with Crippen LogP contribution in [0.1, 0.15) is 27.0 Å². The number of fused-ring (bicyclic) bond motifs is 1. The van der Waals surface area contributed by atoms with Gasteiger partial charge in [-0.05, 0) is 61.9 Å². The summed E-state index contributed by atoms with van der Waals surface area (Å²) in [4.78, 5) is 16.1. The Morgan fingerprint density at radius 1 is 0.968 bits per heavy atom. The van der Waals surface area contributed by atoms with E-state index < -0.39 is 23.5 Å². The minimum atomic E-state index is -4.63. The first kappa shape index (κ1) is 20.6. The Kier molecular flexibility index (Phi) is 4.83. The average molecular weight is 431 g/mol. The van der Waals surface area contributed by atoms with Crippen molar-refractivity contribution in [2.75, 3.05) is 16.5 Å². The number of halogens is 4. The third kappa shape index (κ3) is 3.78.